The molecule has 0 bridgehead atoms. The Morgan fingerprint density at radius 2 is 2.26 bits per heavy atom. The molecule has 1 aliphatic carbocycles. The van der Waals surface area contributed by atoms with Gasteiger partial charge in [-0.1, -0.05) is 54.7 Å². The minimum absolute atomic E-state index is 0.112. The van der Waals surface area contributed by atoms with Gasteiger partial charge in [-0.2, -0.15) is 5.10 Å². The smallest absolute Gasteiger partial charge is 0.136 e. The van der Waals surface area contributed by atoms with Gasteiger partial charge in [0.15, 0.2) is 0 Å². The second-order valence-corrected chi connectivity index (χ2v) is 8.01. The molecule has 1 aromatic rings. The van der Waals surface area contributed by atoms with E-state index < -0.39 is 0 Å². The second-order valence-electron chi connectivity index (χ2n) is 6.25. The van der Waals surface area contributed by atoms with Gasteiger partial charge in [-0.15, -0.1) is 0 Å². The fraction of sp³-hybridized carbons (Fsp3) is 0.556. The van der Waals surface area contributed by atoms with Gasteiger partial charge in [0.2, 0.25) is 0 Å². The van der Waals surface area contributed by atoms with Gasteiger partial charge in [-0.3, -0.25) is 9.48 Å². The lowest BCUT2D eigenvalue weighted by Gasteiger charge is -2.16. The normalized spacial score (nSPS) is 19.0. The molecule has 0 fully saturated rings. The Morgan fingerprint density at radius 1 is 1.48 bits per heavy atom. The number of aromatic nitrogens is 2. The fourth-order valence-electron chi connectivity index (χ4n) is 2.52. The predicted octanol–water partition coefficient (Wildman–Crippen LogP) is 4.26. The predicted molar refractivity (Wildman–Crippen MR) is 101 cm³/mol. The van der Waals surface area contributed by atoms with Crippen LogP contribution in [0.5, 0.6) is 0 Å². The van der Waals surface area contributed by atoms with Crippen molar-refractivity contribution in [3.8, 4) is 0 Å². The summed E-state index contributed by atoms with van der Waals surface area (Å²) >= 11 is 2.24. The van der Waals surface area contributed by atoms with Crippen molar-refractivity contribution in [1.29, 1.82) is 0 Å². The van der Waals surface area contributed by atoms with Crippen molar-refractivity contribution in [3.63, 3.8) is 0 Å². The van der Waals surface area contributed by atoms with Crippen LogP contribution in [0.4, 0.5) is 0 Å². The van der Waals surface area contributed by atoms with Crippen LogP contribution in [-0.2, 0) is 16.1 Å². The molecule has 2 atom stereocenters. The van der Waals surface area contributed by atoms with Crippen LogP contribution < -0.4 is 0 Å². The molecule has 23 heavy (non-hydrogen) atoms. The molecular weight excluding hydrogens is 403 g/mol. The summed E-state index contributed by atoms with van der Waals surface area (Å²) in [5.41, 5.74) is 2.26. The standard InChI is InChI=1S/C18H25IN2O2/c1-13(2)18(22)10-15-5-4-6-16(9-15)17-11-20-21(12-17)7-8-23-14(3)19/h4,6,9,11-15H,5,7-8,10H2,1-3H3. The molecule has 0 N–H and O–H groups in total. The molecule has 0 saturated carbocycles. The fourth-order valence-corrected chi connectivity index (χ4v) is 2.77. The average molecular weight is 428 g/mol. The summed E-state index contributed by atoms with van der Waals surface area (Å²) in [5, 5.41) is 4.39. The van der Waals surface area contributed by atoms with E-state index >= 15 is 0 Å². The van der Waals surface area contributed by atoms with E-state index in [0.717, 1.165) is 24.1 Å². The lowest BCUT2D eigenvalue weighted by Crippen LogP contribution is -2.13. The minimum Gasteiger partial charge on any atom is -0.366 e. The molecule has 0 amide bonds. The Balaban J connectivity index is 1.97. The molecular formula is C18H25IN2O2. The number of allylic oxidation sites excluding steroid dienone is 4. The number of ketones is 1. The van der Waals surface area contributed by atoms with Crippen LogP contribution in [-0.4, -0.2) is 26.3 Å². The summed E-state index contributed by atoms with van der Waals surface area (Å²) in [5.74, 6) is 0.749. The second kappa shape index (κ2) is 8.78. The van der Waals surface area contributed by atoms with Crippen LogP contribution in [0, 0.1) is 11.8 Å². The highest BCUT2D eigenvalue weighted by Gasteiger charge is 2.17. The zero-order valence-corrected chi connectivity index (χ0v) is 16.2. The topological polar surface area (TPSA) is 44.1 Å². The Morgan fingerprint density at radius 3 is 2.96 bits per heavy atom. The third kappa shape index (κ3) is 5.88. The third-order valence-corrected chi connectivity index (χ3v) is 4.25. The maximum Gasteiger partial charge on any atom is 0.136 e. The van der Waals surface area contributed by atoms with Crippen molar-refractivity contribution in [3.05, 3.63) is 36.2 Å². The van der Waals surface area contributed by atoms with Crippen LogP contribution in [0.2, 0.25) is 0 Å². The molecule has 0 radical (unpaired) electrons. The van der Waals surface area contributed by atoms with Crippen molar-refractivity contribution < 1.29 is 9.53 Å². The molecule has 0 spiro atoms. The summed E-state index contributed by atoms with van der Waals surface area (Å²) in [4.78, 5) is 11.9. The summed E-state index contributed by atoms with van der Waals surface area (Å²) in [6.45, 7) is 7.36. The van der Waals surface area contributed by atoms with E-state index in [2.05, 4.69) is 45.9 Å². The Labute approximate surface area is 152 Å². The molecule has 0 aromatic carbocycles. The zero-order valence-electron chi connectivity index (χ0n) is 14.0. The number of carbonyl (C=O) groups is 1. The lowest BCUT2D eigenvalue weighted by molar-refractivity contribution is -0.122. The van der Waals surface area contributed by atoms with Gasteiger partial charge >= 0.3 is 0 Å². The number of Topliss-reactive ketones (excluding diaryl/α,β-unsaturated/α-hetero) is 1. The molecule has 4 nitrogen and oxygen atoms in total. The Kier molecular flexibility index (Phi) is 7.02. The number of alkyl halides is 1. The number of carbonyl (C=O) groups excluding carboxylic acids is 1. The van der Waals surface area contributed by atoms with E-state index in [1.54, 1.807) is 0 Å². The monoisotopic (exact) mass is 428 g/mol. The highest BCUT2D eigenvalue weighted by Crippen LogP contribution is 2.27. The molecule has 0 saturated heterocycles. The highest BCUT2D eigenvalue weighted by molar-refractivity contribution is 14.1. The summed E-state index contributed by atoms with van der Waals surface area (Å²) in [7, 11) is 0. The van der Waals surface area contributed by atoms with Gasteiger partial charge in [0.05, 0.1) is 19.3 Å². The van der Waals surface area contributed by atoms with E-state index in [9.17, 15) is 4.79 Å². The van der Waals surface area contributed by atoms with Crippen LogP contribution in [0.15, 0.2) is 30.6 Å². The summed E-state index contributed by atoms with van der Waals surface area (Å²) in [6.07, 6.45) is 12.0. The van der Waals surface area contributed by atoms with E-state index in [-0.39, 0.29) is 10.0 Å². The molecule has 1 aromatic heterocycles. The largest absolute Gasteiger partial charge is 0.366 e. The first kappa shape index (κ1) is 18.4. The molecule has 1 aliphatic rings. The first-order chi connectivity index (χ1) is 11.0. The molecule has 5 heteroatoms. The Bertz CT molecular complexity index is 588. The number of hydrogen-bond acceptors (Lipinski definition) is 3. The first-order valence-electron chi connectivity index (χ1n) is 8.15. The molecule has 2 unspecified atom stereocenters. The molecule has 126 valence electrons. The van der Waals surface area contributed by atoms with E-state index in [1.807, 2.05) is 37.8 Å². The van der Waals surface area contributed by atoms with Crippen molar-refractivity contribution in [2.45, 2.75) is 44.3 Å². The summed E-state index contributed by atoms with van der Waals surface area (Å²) < 4.78 is 7.67. The number of rotatable bonds is 8. The van der Waals surface area contributed by atoms with Gasteiger partial charge in [-0.25, -0.2) is 0 Å². The van der Waals surface area contributed by atoms with Crippen molar-refractivity contribution in [1.82, 2.24) is 9.78 Å². The molecule has 1 heterocycles. The number of hydrogen-bond donors (Lipinski definition) is 0. The van der Waals surface area contributed by atoms with Crippen LogP contribution in [0.1, 0.15) is 39.2 Å². The number of ether oxygens (including phenoxy) is 1. The number of nitrogens with zero attached hydrogens (tertiary/aromatic N) is 2. The van der Waals surface area contributed by atoms with E-state index in [4.69, 9.17) is 4.74 Å². The van der Waals surface area contributed by atoms with Gasteiger partial charge in [0, 0.05) is 24.1 Å². The van der Waals surface area contributed by atoms with Gasteiger partial charge in [0.25, 0.3) is 0 Å². The van der Waals surface area contributed by atoms with Gasteiger partial charge < -0.3 is 4.74 Å². The van der Waals surface area contributed by atoms with Crippen molar-refractivity contribution >= 4 is 33.9 Å². The summed E-state index contributed by atoms with van der Waals surface area (Å²) in [6, 6.07) is 0. The maximum atomic E-state index is 11.9. The molecule has 0 aliphatic heterocycles. The lowest BCUT2D eigenvalue weighted by atomic mass is 9.88. The Hall–Kier alpha value is -0.950. The van der Waals surface area contributed by atoms with Crippen LogP contribution in [0.25, 0.3) is 5.57 Å². The average Bonchev–Trinajstić information content (AvgIpc) is 2.96. The first-order valence-corrected chi connectivity index (χ1v) is 9.40. The third-order valence-electron chi connectivity index (χ3n) is 3.89. The van der Waals surface area contributed by atoms with E-state index in [0.29, 0.717) is 24.7 Å². The maximum absolute atomic E-state index is 11.9. The van der Waals surface area contributed by atoms with E-state index in [1.165, 1.54) is 0 Å². The van der Waals surface area contributed by atoms with Gasteiger partial charge in [0.1, 0.15) is 9.89 Å². The van der Waals surface area contributed by atoms with Gasteiger partial charge in [-0.05, 0) is 24.8 Å². The van der Waals surface area contributed by atoms with Crippen LogP contribution in [0.3, 0.4) is 0 Å². The zero-order chi connectivity index (χ0) is 16.8. The van der Waals surface area contributed by atoms with Crippen molar-refractivity contribution in [2.24, 2.45) is 11.8 Å². The highest BCUT2D eigenvalue weighted by atomic mass is 127. The van der Waals surface area contributed by atoms with Crippen molar-refractivity contribution in [2.75, 3.05) is 6.61 Å². The van der Waals surface area contributed by atoms with Crippen LogP contribution >= 0.6 is 22.6 Å². The minimum atomic E-state index is 0.112. The molecule has 2 rings (SSSR count). The quantitative estimate of drug-likeness (QED) is 0.459. The number of halogens is 1. The SMILES string of the molecule is CC(I)OCCn1cc(C2=CC(CC(=O)C(C)C)CC=C2)cn1.